The number of carbonyl (C=O) groups excluding carboxylic acids is 2. The van der Waals surface area contributed by atoms with Gasteiger partial charge in [0.15, 0.2) is 11.5 Å². The van der Waals surface area contributed by atoms with Gasteiger partial charge >= 0.3 is 0 Å². The molecule has 218 valence electrons. The quantitative estimate of drug-likeness (QED) is 0.493. The molecule has 0 radical (unpaired) electrons. The zero-order valence-electron chi connectivity index (χ0n) is 23.6. The monoisotopic (exact) mass is 564 g/mol. The molecule has 3 aromatic rings. The first kappa shape index (κ1) is 28.2. The molecule has 0 unspecified atom stereocenters. The highest BCUT2D eigenvalue weighted by atomic mass is 16.7. The second-order valence-corrected chi connectivity index (χ2v) is 10.3. The van der Waals surface area contributed by atoms with E-state index < -0.39 is 6.04 Å². The smallest absolute Gasteiger partial charge is 0.255 e. The van der Waals surface area contributed by atoms with E-state index in [1.807, 2.05) is 37.4 Å². The molecule has 0 aliphatic carbocycles. The fourth-order valence-corrected chi connectivity index (χ4v) is 4.85. The average Bonchev–Trinajstić information content (AvgIpc) is 3.61. The van der Waals surface area contributed by atoms with Crippen LogP contribution in [0, 0.1) is 6.92 Å². The minimum absolute atomic E-state index is 0.164. The molecule has 2 aliphatic rings. The van der Waals surface area contributed by atoms with Gasteiger partial charge in [-0.1, -0.05) is 11.3 Å². The van der Waals surface area contributed by atoms with Crippen molar-refractivity contribution in [3.8, 4) is 23.0 Å². The number of aromatic nitrogens is 3. The Balaban J connectivity index is 1.32. The number of amides is 2. The zero-order valence-corrected chi connectivity index (χ0v) is 23.6. The average molecular weight is 565 g/mol. The number of rotatable bonds is 3. The first-order valence-corrected chi connectivity index (χ1v) is 13.8. The molecule has 41 heavy (non-hydrogen) atoms. The molecule has 5 rings (SSSR count). The summed E-state index contributed by atoms with van der Waals surface area (Å²) in [6.45, 7) is 7.10. The maximum atomic E-state index is 13.0. The summed E-state index contributed by atoms with van der Waals surface area (Å²) in [5, 5.41) is 14.4. The maximum absolute atomic E-state index is 13.0. The van der Waals surface area contributed by atoms with Gasteiger partial charge in [-0.15, -0.1) is 5.10 Å². The van der Waals surface area contributed by atoms with E-state index in [2.05, 4.69) is 25.8 Å². The summed E-state index contributed by atoms with van der Waals surface area (Å²) >= 11 is 0. The molecule has 2 amide bonds. The summed E-state index contributed by atoms with van der Waals surface area (Å²) < 4.78 is 24.4. The molecule has 2 aliphatic heterocycles. The lowest BCUT2D eigenvalue weighted by Gasteiger charge is -2.22. The number of fused-ring (bicyclic) bond motifs is 4. The SMILES string of the molecule is COc1cc(CN2CCCNC(=O)[C@@H](C)NC(=O)c3ccc(C)cc3OCCCn3cc(nn3)C2)cc2c1OCO2. The van der Waals surface area contributed by atoms with E-state index in [4.69, 9.17) is 18.9 Å². The third-order valence-electron chi connectivity index (χ3n) is 6.96. The van der Waals surface area contributed by atoms with Crippen LogP contribution < -0.4 is 29.6 Å². The molecule has 2 aromatic carbocycles. The van der Waals surface area contributed by atoms with Gasteiger partial charge in [-0.3, -0.25) is 19.2 Å². The molecule has 0 fully saturated rings. The number of ether oxygens (including phenoxy) is 4. The van der Waals surface area contributed by atoms with Gasteiger partial charge in [-0.2, -0.15) is 0 Å². The zero-order chi connectivity index (χ0) is 28.8. The van der Waals surface area contributed by atoms with Crippen LogP contribution in [0.5, 0.6) is 23.0 Å². The molecule has 3 heterocycles. The molecule has 1 atom stereocenters. The fourth-order valence-electron chi connectivity index (χ4n) is 4.85. The second-order valence-electron chi connectivity index (χ2n) is 10.3. The van der Waals surface area contributed by atoms with Gasteiger partial charge in [0.05, 0.1) is 25.0 Å². The summed E-state index contributed by atoms with van der Waals surface area (Å²) in [6.07, 6.45) is 3.31. The summed E-state index contributed by atoms with van der Waals surface area (Å²) in [5.74, 6) is 1.78. The molecule has 12 nitrogen and oxygen atoms in total. The first-order valence-electron chi connectivity index (χ1n) is 13.8. The lowest BCUT2D eigenvalue weighted by molar-refractivity contribution is -0.122. The molecule has 0 spiro atoms. The number of aryl methyl sites for hydroxylation is 2. The van der Waals surface area contributed by atoms with E-state index in [-0.39, 0.29) is 18.6 Å². The van der Waals surface area contributed by atoms with Crippen molar-refractivity contribution < 1.29 is 28.5 Å². The highest BCUT2D eigenvalue weighted by molar-refractivity contribution is 5.99. The normalized spacial score (nSPS) is 18.7. The largest absolute Gasteiger partial charge is 0.493 e. The summed E-state index contributed by atoms with van der Waals surface area (Å²) in [7, 11) is 1.61. The van der Waals surface area contributed by atoms with Crippen molar-refractivity contribution in [3.05, 3.63) is 58.9 Å². The number of hydrogen-bond donors (Lipinski definition) is 2. The van der Waals surface area contributed by atoms with E-state index in [0.717, 1.165) is 16.8 Å². The van der Waals surface area contributed by atoms with Crippen molar-refractivity contribution in [3.63, 3.8) is 0 Å². The summed E-state index contributed by atoms with van der Waals surface area (Å²) in [4.78, 5) is 28.0. The Bertz CT molecular complexity index is 1390. The van der Waals surface area contributed by atoms with Crippen molar-refractivity contribution >= 4 is 11.8 Å². The van der Waals surface area contributed by atoms with Crippen molar-refractivity contribution in [1.82, 2.24) is 30.5 Å². The number of carbonyl (C=O) groups is 2. The number of benzene rings is 2. The predicted molar refractivity (Wildman–Crippen MR) is 149 cm³/mol. The second kappa shape index (κ2) is 12.9. The highest BCUT2D eigenvalue weighted by Gasteiger charge is 2.22. The molecule has 0 saturated carbocycles. The molecule has 2 bridgehead atoms. The van der Waals surface area contributed by atoms with Gasteiger partial charge in [0, 0.05) is 45.3 Å². The van der Waals surface area contributed by atoms with Gasteiger partial charge in [0.1, 0.15) is 11.8 Å². The molecule has 2 N–H and O–H groups in total. The molecular weight excluding hydrogens is 528 g/mol. The van der Waals surface area contributed by atoms with Crippen molar-refractivity contribution in [2.75, 3.05) is 33.6 Å². The summed E-state index contributed by atoms with van der Waals surface area (Å²) in [6, 6.07) is 8.61. The maximum Gasteiger partial charge on any atom is 0.255 e. The van der Waals surface area contributed by atoms with Crippen LogP contribution in [0.3, 0.4) is 0 Å². The van der Waals surface area contributed by atoms with Gasteiger partial charge in [-0.05, 0) is 55.7 Å². The standard InChI is InChI=1S/C29H36N6O6/c1-19-6-7-23-24(12-19)39-11-5-10-35-17-22(32-33-35)16-34(9-4-8-30-28(36)20(2)31-29(23)37)15-21-13-25(38-3)27-26(14-21)40-18-41-27/h6-7,12-14,17,20H,4-5,8-11,15-16,18H2,1-3H3,(H,30,36)(H,31,37)/t20-/m1/s1. The Hall–Kier alpha value is -4.32. The van der Waals surface area contributed by atoms with Crippen LogP contribution in [-0.2, 0) is 24.4 Å². The minimum Gasteiger partial charge on any atom is -0.493 e. The minimum atomic E-state index is -0.704. The van der Waals surface area contributed by atoms with E-state index in [1.54, 1.807) is 24.8 Å². The number of methoxy groups -OCH3 is 1. The Morgan fingerprint density at radius 3 is 2.80 bits per heavy atom. The van der Waals surface area contributed by atoms with E-state index in [9.17, 15) is 9.59 Å². The number of nitrogens with zero attached hydrogens (tertiary/aromatic N) is 4. The summed E-state index contributed by atoms with van der Waals surface area (Å²) in [5.41, 5.74) is 3.21. The van der Waals surface area contributed by atoms with Crippen LogP contribution in [0.25, 0.3) is 0 Å². The van der Waals surface area contributed by atoms with Crippen molar-refractivity contribution in [2.24, 2.45) is 0 Å². The molecule has 1 aromatic heterocycles. The lowest BCUT2D eigenvalue weighted by atomic mass is 10.1. The lowest BCUT2D eigenvalue weighted by Crippen LogP contribution is -2.45. The van der Waals surface area contributed by atoms with E-state index in [1.165, 1.54) is 0 Å². The molecule has 0 saturated heterocycles. The van der Waals surface area contributed by atoms with Crippen LogP contribution in [0.2, 0.25) is 0 Å². The van der Waals surface area contributed by atoms with Crippen LogP contribution in [-0.4, -0.2) is 71.3 Å². The first-order chi connectivity index (χ1) is 19.9. The Labute approximate surface area is 238 Å². The van der Waals surface area contributed by atoms with E-state index >= 15 is 0 Å². The van der Waals surface area contributed by atoms with Crippen LogP contribution in [0.1, 0.15) is 46.9 Å². The third kappa shape index (κ3) is 7.07. The van der Waals surface area contributed by atoms with Gasteiger partial charge < -0.3 is 29.6 Å². The topological polar surface area (TPSA) is 129 Å². The Kier molecular flexibility index (Phi) is 8.88. The third-order valence-corrected chi connectivity index (χ3v) is 6.96. The van der Waals surface area contributed by atoms with E-state index in [0.29, 0.717) is 80.7 Å². The number of nitrogens with one attached hydrogen (secondary N) is 2. The Morgan fingerprint density at radius 2 is 1.95 bits per heavy atom. The van der Waals surface area contributed by atoms with Crippen LogP contribution in [0.15, 0.2) is 36.5 Å². The van der Waals surface area contributed by atoms with Crippen molar-refractivity contribution in [1.29, 1.82) is 0 Å². The van der Waals surface area contributed by atoms with Gasteiger partial charge in [-0.25, -0.2) is 0 Å². The number of hydrogen-bond acceptors (Lipinski definition) is 9. The molecule has 12 heteroatoms. The predicted octanol–water partition coefficient (Wildman–Crippen LogP) is 2.43. The Morgan fingerprint density at radius 1 is 1.07 bits per heavy atom. The fraction of sp³-hybridized carbons (Fsp3) is 0.448. The van der Waals surface area contributed by atoms with Crippen LogP contribution >= 0.6 is 0 Å². The highest BCUT2D eigenvalue weighted by Crippen LogP contribution is 2.42. The molecular formula is C29H36N6O6. The van der Waals surface area contributed by atoms with Gasteiger partial charge in [0.2, 0.25) is 18.4 Å². The van der Waals surface area contributed by atoms with Crippen molar-refractivity contribution in [2.45, 2.75) is 52.4 Å². The van der Waals surface area contributed by atoms with Gasteiger partial charge in [0.25, 0.3) is 5.91 Å². The van der Waals surface area contributed by atoms with Crippen LogP contribution in [0.4, 0.5) is 0 Å².